The van der Waals surface area contributed by atoms with E-state index >= 15 is 0 Å². The first-order chi connectivity index (χ1) is 22.1. The lowest BCUT2D eigenvalue weighted by Crippen LogP contribution is -2.09. The maximum atomic E-state index is 11.3. The summed E-state index contributed by atoms with van der Waals surface area (Å²) < 4.78 is 0. The SMILES string of the molecule is [C-]#[N+]C(=CC1=CC(=Cc2ccc(N(c3ccc(-c4ccccc4)cc3)c3ccc(-c4ccccc4)cc3)cc2)CCC1)C(=O)O. The Balaban J connectivity index is 1.32. The van der Waals surface area contributed by atoms with Crippen molar-refractivity contribution in [3.63, 3.8) is 0 Å². The van der Waals surface area contributed by atoms with Crippen LogP contribution in [0.15, 0.2) is 162 Å². The maximum absolute atomic E-state index is 11.3. The van der Waals surface area contributed by atoms with Crippen molar-refractivity contribution in [2.45, 2.75) is 19.3 Å². The van der Waals surface area contributed by atoms with Crippen LogP contribution in [-0.2, 0) is 4.79 Å². The molecule has 0 aromatic heterocycles. The van der Waals surface area contributed by atoms with Gasteiger partial charge >= 0.3 is 5.97 Å². The van der Waals surface area contributed by atoms with Crippen molar-refractivity contribution in [3.05, 3.63) is 179 Å². The van der Waals surface area contributed by atoms with E-state index in [4.69, 9.17) is 6.57 Å². The lowest BCUT2D eigenvalue weighted by atomic mass is 9.93. The van der Waals surface area contributed by atoms with Crippen LogP contribution in [0.25, 0.3) is 33.2 Å². The Morgan fingerprint density at radius 3 is 1.58 bits per heavy atom. The summed E-state index contributed by atoms with van der Waals surface area (Å²) in [6, 6.07) is 46.6. The average Bonchev–Trinajstić information content (AvgIpc) is 3.09. The van der Waals surface area contributed by atoms with Gasteiger partial charge in [-0.05, 0) is 95.1 Å². The van der Waals surface area contributed by atoms with Gasteiger partial charge in [-0.2, -0.15) is 0 Å². The first-order valence-electron chi connectivity index (χ1n) is 15.0. The molecule has 1 N–H and O–H groups in total. The van der Waals surface area contributed by atoms with E-state index in [1.807, 2.05) is 18.2 Å². The van der Waals surface area contributed by atoms with E-state index in [0.717, 1.165) is 53.0 Å². The Kier molecular flexibility index (Phi) is 8.80. The van der Waals surface area contributed by atoms with Gasteiger partial charge in [-0.1, -0.05) is 115 Å². The normalized spacial score (nSPS) is 14.0. The number of benzene rings is 5. The first kappa shape index (κ1) is 29.2. The number of carbonyl (C=O) groups is 1. The molecule has 5 aromatic rings. The molecule has 0 amide bonds. The van der Waals surface area contributed by atoms with E-state index in [9.17, 15) is 9.90 Å². The van der Waals surface area contributed by atoms with Gasteiger partial charge in [-0.3, -0.25) is 4.79 Å². The Labute approximate surface area is 264 Å². The van der Waals surface area contributed by atoms with Crippen molar-refractivity contribution in [3.8, 4) is 22.3 Å². The summed E-state index contributed by atoms with van der Waals surface area (Å²) in [7, 11) is 0. The van der Waals surface area contributed by atoms with Crippen molar-refractivity contribution in [1.29, 1.82) is 0 Å². The van der Waals surface area contributed by atoms with Crippen LogP contribution in [0.5, 0.6) is 0 Å². The van der Waals surface area contributed by atoms with Crippen LogP contribution in [0.2, 0.25) is 0 Å². The van der Waals surface area contributed by atoms with E-state index in [2.05, 4.69) is 137 Å². The molecule has 0 radical (unpaired) electrons. The van der Waals surface area contributed by atoms with Gasteiger partial charge in [0.1, 0.15) is 0 Å². The number of rotatable bonds is 8. The van der Waals surface area contributed by atoms with Crippen LogP contribution in [0, 0.1) is 6.57 Å². The summed E-state index contributed by atoms with van der Waals surface area (Å²) in [4.78, 5) is 16.7. The predicted octanol–water partition coefficient (Wildman–Crippen LogP) is 10.9. The average molecular weight is 585 g/mol. The van der Waals surface area contributed by atoms with Gasteiger partial charge in [0.25, 0.3) is 5.70 Å². The highest BCUT2D eigenvalue weighted by Crippen LogP contribution is 2.37. The molecule has 0 atom stereocenters. The van der Waals surface area contributed by atoms with E-state index in [1.165, 1.54) is 28.3 Å². The number of allylic oxidation sites excluding steroid dienone is 4. The predicted molar refractivity (Wildman–Crippen MR) is 184 cm³/mol. The molecule has 5 aromatic carbocycles. The number of carboxylic acids is 1. The lowest BCUT2D eigenvalue weighted by molar-refractivity contribution is -0.132. The number of nitrogens with zero attached hydrogens (tertiary/aromatic N) is 2. The molecule has 4 heteroatoms. The minimum absolute atomic E-state index is 0.249. The van der Waals surface area contributed by atoms with Gasteiger partial charge < -0.3 is 10.0 Å². The molecule has 0 fully saturated rings. The zero-order valence-corrected chi connectivity index (χ0v) is 24.8. The summed E-state index contributed by atoms with van der Waals surface area (Å²) in [6.07, 6.45) is 8.25. The van der Waals surface area contributed by atoms with Crippen molar-refractivity contribution in [2.75, 3.05) is 4.90 Å². The minimum atomic E-state index is -1.19. The summed E-state index contributed by atoms with van der Waals surface area (Å²) in [5, 5.41) is 9.24. The molecule has 218 valence electrons. The molecule has 1 aliphatic rings. The number of anilines is 3. The Morgan fingerprint density at radius 1 is 0.644 bits per heavy atom. The second kappa shape index (κ2) is 13.6. The van der Waals surface area contributed by atoms with E-state index in [0.29, 0.717) is 0 Å². The van der Waals surface area contributed by atoms with Crippen LogP contribution >= 0.6 is 0 Å². The maximum Gasteiger partial charge on any atom is 0.333 e. The largest absolute Gasteiger partial charge is 0.486 e. The molecule has 45 heavy (non-hydrogen) atoms. The molecule has 4 nitrogen and oxygen atoms in total. The third-order valence-corrected chi connectivity index (χ3v) is 7.93. The highest BCUT2D eigenvalue weighted by atomic mass is 16.4. The highest BCUT2D eigenvalue weighted by Gasteiger charge is 2.14. The molecule has 0 heterocycles. The van der Waals surface area contributed by atoms with Crippen LogP contribution in [0.3, 0.4) is 0 Å². The quantitative estimate of drug-likeness (QED) is 0.146. The number of hydrogen-bond acceptors (Lipinski definition) is 2. The second-order valence-corrected chi connectivity index (χ2v) is 11.0. The van der Waals surface area contributed by atoms with Crippen LogP contribution < -0.4 is 4.90 Å². The van der Waals surface area contributed by atoms with Crippen LogP contribution in [0.1, 0.15) is 24.8 Å². The fourth-order valence-electron chi connectivity index (χ4n) is 5.67. The Morgan fingerprint density at radius 2 is 1.11 bits per heavy atom. The van der Waals surface area contributed by atoms with Crippen LogP contribution in [0.4, 0.5) is 17.1 Å². The number of hydrogen-bond donors (Lipinski definition) is 1. The lowest BCUT2D eigenvalue weighted by Gasteiger charge is -2.26. The van der Waals surface area contributed by atoms with E-state index in [1.54, 1.807) is 0 Å². The Bertz CT molecular complexity index is 1830. The fourth-order valence-corrected chi connectivity index (χ4v) is 5.67. The fraction of sp³-hybridized carbons (Fsp3) is 0.0732. The summed E-state index contributed by atoms with van der Waals surface area (Å²) in [5.41, 5.74) is 10.7. The third kappa shape index (κ3) is 7.01. The van der Waals surface area contributed by atoms with Crippen molar-refractivity contribution in [2.24, 2.45) is 0 Å². The monoisotopic (exact) mass is 584 g/mol. The smallest absolute Gasteiger partial charge is 0.333 e. The molecule has 0 saturated heterocycles. The number of aliphatic carboxylic acids is 1. The van der Waals surface area contributed by atoms with Crippen molar-refractivity contribution >= 4 is 29.1 Å². The van der Waals surface area contributed by atoms with Gasteiger partial charge in [0.2, 0.25) is 0 Å². The molecule has 0 saturated carbocycles. The standard InChI is InChI=1S/C41H32N2O2/c1-42-40(41(44)45)29-32-10-8-9-31(28-32)27-30-15-21-37(22-16-30)43(38-23-17-35(18-24-38)33-11-4-2-5-12-33)39-25-19-36(20-26-39)34-13-6-3-7-14-34/h2-7,11-29H,8-10H2,(H,44,45). The summed E-state index contributed by atoms with van der Waals surface area (Å²) in [6.45, 7) is 7.15. The highest BCUT2D eigenvalue weighted by molar-refractivity contribution is 5.89. The molecule has 0 unspecified atom stereocenters. The zero-order chi connectivity index (χ0) is 31.0. The van der Waals surface area contributed by atoms with E-state index in [-0.39, 0.29) is 5.70 Å². The van der Waals surface area contributed by atoms with Gasteiger partial charge in [-0.15, -0.1) is 0 Å². The molecular formula is C41H32N2O2. The Hall–Kier alpha value is -5.92. The topological polar surface area (TPSA) is 44.9 Å². The third-order valence-electron chi connectivity index (χ3n) is 7.93. The van der Waals surface area contributed by atoms with Gasteiger partial charge in [0.15, 0.2) is 0 Å². The molecule has 0 bridgehead atoms. The van der Waals surface area contributed by atoms with Gasteiger partial charge in [0.05, 0.1) is 6.57 Å². The van der Waals surface area contributed by atoms with E-state index < -0.39 is 5.97 Å². The minimum Gasteiger partial charge on any atom is -0.486 e. The summed E-state index contributed by atoms with van der Waals surface area (Å²) >= 11 is 0. The molecule has 0 spiro atoms. The molecule has 1 aliphatic carbocycles. The second-order valence-electron chi connectivity index (χ2n) is 11.0. The molecule has 0 aliphatic heterocycles. The molecular weight excluding hydrogens is 552 g/mol. The molecule has 6 rings (SSSR count). The van der Waals surface area contributed by atoms with Gasteiger partial charge in [0, 0.05) is 17.1 Å². The number of carboxylic acid groups (broad SMARTS) is 1. The van der Waals surface area contributed by atoms with Crippen molar-refractivity contribution < 1.29 is 9.90 Å². The van der Waals surface area contributed by atoms with Crippen molar-refractivity contribution in [1.82, 2.24) is 0 Å². The zero-order valence-electron chi connectivity index (χ0n) is 24.8. The first-order valence-corrected chi connectivity index (χ1v) is 15.0. The summed E-state index contributed by atoms with van der Waals surface area (Å²) in [5.74, 6) is -1.19. The van der Waals surface area contributed by atoms with Gasteiger partial charge in [-0.25, -0.2) is 4.85 Å². The van der Waals surface area contributed by atoms with Crippen LogP contribution in [-0.4, -0.2) is 11.1 Å².